The van der Waals surface area contributed by atoms with Crippen LogP contribution < -0.4 is 11.1 Å². The summed E-state index contributed by atoms with van der Waals surface area (Å²) in [5, 5.41) is 11.0. The van der Waals surface area contributed by atoms with Crippen molar-refractivity contribution in [3.05, 3.63) is 23.1 Å². The molecule has 0 saturated heterocycles. The average molecular weight is 275 g/mol. The summed E-state index contributed by atoms with van der Waals surface area (Å²) in [6, 6.07) is 0.0981. The molecule has 0 fully saturated rings. The first-order valence-corrected chi connectivity index (χ1v) is 5.34. The molecule has 0 aliphatic carbocycles. The van der Waals surface area contributed by atoms with Crippen molar-refractivity contribution in [2.45, 2.75) is 18.9 Å². The number of carbonyl (C=O) groups excluding carboxylic acids is 2. The minimum Gasteiger partial charge on any atom is -0.480 e. The smallest absolute Gasteiger partial charge is 0.326 e. The third kappa shape index (κ3) is 3.77. The number of halogens is 1. The van der Waals surface area contributed by atoms with E-state index in [1.165, 1.54) is 12.3 Å². The Labute approximate surface area is 107 Å². The van der Waals surface area contributed by atoms with Crippen molar-refractivity contribution in [3.63, 3.8) is 0 Å². The van der Waals surface area contributed by atoms with Gasteiger partial charge in [0, 0.05) is 6.42 Å². The van der Waals surface area contributed by atoms with E-state index in [1.54, 1.807) is 0 Å². The lowest BCUT2D eigenvalue weighted by Crippen LogP contribution is -2.41. The fraction of sp³-hybridized carbons (Fsp3) is 0.300. The van der Waals surface area contributed by atoms with Gasteiger partial charge in [-0.2, -0.15) is 0 Å². The lowest BCUT2D eigenvalue weighted by Gasteiger charge is -2.12. The molecule has 1 aromatic heterocycles. The predicted octanol–water partition coefficient (Wildman–Crippen LogP) is 0.381. The highest BCUT2D eigenvalue weighted by atomic mass is 35.5. The molecule has 0 saturated carbocycles. The number of primary amides is 1. The van der Waals surface area contributed by atoms with Crippen LogP contribution in [0.25, 0.3) is 0 Å². The Balaban J connectivity index is 2.67. The average Bonchev–Trinajstić information content (AvgIpc) is 2.69. The minimum absolute atomic E-state index is 0.0296. The van der Waals surface area contributed by atoms with Gasteiger partial charge in [-0.05, 0) is 24.1 Å². The predicted molar refractivity (Wildman–Crippen MR) is 61.0 cm³/mol. The van der Waals surface area contributed by atoms with Crippen molar-refractivity contribution in [2.24, 2.45) is 5.73 Å². The van der Waals surface area contributed by atoms with Crippen LogP contribution in [0.1, 0.15) is 23.2 Å². The number of carboxylic acid groups (broad SMARTS) is 1. The maximum Gasteiger partial charge on any atom is 0.326 e. The van der Waals surface area contributed by atoms with Gasteiger partial charge >= 0.3 is 5.97 Å². The second-order valence-corrected chi connectivity index (χ2v) is 3.82. The quantitative estimate of drug-likeness (QED) is 0.692. The molecular weight excluding hydrogens is 264 g/mol. The summed E-state index contributed by atoms with van der Waals surface area (Å²) in [6.07, 6.45) is 0.971. The van der Waals surface area contributed by atoms with Gasteiger partial charge in [0.1, 0.15) is 6.04 Å². The van der Waals surface area contributed by atoms with Crippen molar-refractivity contribution >= 4 is 29.4 Å². The number of carbonyl (C=O) groups is 3. The molecule has 1 aromatic rings. The highest BCUT2D eigenvalue weighted by Gasteiger charge is 2.23. The molecule has 0 aliphatic rings. The number of rotatable bonds is 6. The summed E-state index contributed by atoms with van der Waals surface area (Å²) in [5.74, 6) is -2.59. The number of furan rings is 1. The van der Waals surface area contributed by atoms with Crippen LogP contribution >= 0.6 is 11.6 Å². The molecule has 7 nitrogen and oxygen atoms in total. The Morgan fingerprint density at radius 3 is 2.61 bits per heavy atom. The van der Waals surface area contributed by atoms with Crippen LogP contribution in [0.3, 0.4) is 0 Å². The van der Waals surface area contributed by atoms with Crippen molar-refractivity contribution in [1.82, 2.24) is 5.32 Å². The summed E-state index contributed by atoms with van der Waals surface area (Å²) < 4.78 is 4.71. The summed E-state index contributed by atoms with van der Waals surface area (Å²) in [5.41, 5.74) is 4.94. The zero-order valence-corrected chi connectivity index (χ0v) is 9.94. The molecule has 8 heteroatoms. The van der Waals surface area contributed by atoms with Crippen LogP contribution in [0.2, 0.25) is 5.22 Å². The molecule has 4 N–H and O–H groups in total. The van der Waals surface area contributed by atoms with Crippen molar-refractivity contribution in [1.29, 1.82) is 0 Å². The third-order valence-electron chi connectivity index (χ3n) is 2.15. The number of aliphatic carboxylic acids is 1. The molecule has 18 heavy (non-hydrogen) atoms. The third-order valence-corrected chi connectivity index (χ3v) is 2.44. The van der Waals surface area contributed by atoms with Gasteiger partial charge in [0.15, 0.2) is 0 Å². The van der Waals surface area contributed by atoms with Gasteiger partial charge in [-0.25, -0.2) is 4.79 Å². The summed E-state index contributed by atoms with van der Waals surface area (Å²) in [7, 11) is 0. The Hall–Kier alpha value is -2.02. The molecule has 2 amide bonds. The Kier molecular flexibility index (Phi) is 4.73. The molecule has 0 bridgehead atoms. The summed E-state index contributed by atoms with van der Waals surface area (Å²) in [4.78, 5) is 33.1. The standard InChI is InChI=1S/C10H11ClN2O5/c11-8-5(3-4-18-8)9(15)13-6(10(16)17)1-2-7(12)14/h3-4,6H,1-2H2,(H2,12,14)(H,13,15)(H,16,17)/t6-/m0/s1. The van der Waals surface area contributed by atoms with Gasteiger partial charge in [-0.3, -0.25) is 9.59 Å². The number of nitrogens with one attached hydrogen (secondary N) is 1. The molecule has 1 heterocycles. The number of hydrogen-bond donors (Lipinski definition) is 3. The Morgan fingerprint density at radius 1 is 1.50 bits per heavy atom. The number of nitrogens with two attached hydrogens (primary N) is 1. The van der Waals surface area contributed by atoms with Crippen LogP contribution in [0.15, 0.2) is 16.7 Å². The normalized spacial score (nSPS) is 11.8. The van der Waals surface area contributed by atoms with Crippen LogP contribution in [-0.4, -0.2) is 28.9 Å². The molecule has 0 unspecified atom stereocenters. The van der Waals surface area contributed by atoms with E-state index in [2.05, 4.69) is 5.32 Å². The summed E-state index contributed by atoms with van der Waals surface area (Å²) >= 11 is 5.58. The highest BCUT2D eigenvalue weighted by molar-refractivity contribution is 6.32. The number of amides is 2. The first-order valence-electron chi connectivity index (χ1n) is 4.96. The molecule has 1 atom stereocenters. The maximum atomic E-state index is 11.7. The largest absolute Gasteiger partial charge is 0.480 e. The number of carboxylic acids is 1. The highest BCUT2D eigenvalue weighted by Crippen LogP contribution is 2.16. The Morgan fingerprint density at radius 2 is 2.17 bits per heavy atom. The molecule has 1 rings (SSSR count). The van der Waals surface area contributed by atoms with Gasteiger partial charge in [0.05, 0.1) is 11.8 Å². The Bertz CT molecular complexity index is 471. The molecule has 0 aliphatic heterocycles. The zero-order valence-electron chi connectivity index (χ0n) is 9.18. The van der Waals surface area contributed by atoms with Crippen LogP contribution in [0.5, 0.6) is 0 Å². The van der Waals surface area contributed by atoms with Gasteiger partial charge in [0.2, 0.25) is 11.1 Å². The summed E-state index contributed by atoms with van der Waals surface area (Å²) in [6.45, 7) is 0. The molecule has 0 aromatic carbocycles. The first kappa shape index (κ1) is 14.0. The van der Waals surface area contributed by atoms with Gasteiger partial charge < -0.3 is 20.6 Å². The van der Waals surface area contributed by atoms with Crippen molar-refractivity contribution < 1.29 is 23.9 Å². The van der Waals surface area contributed by atoms with Crippen LogP contribution in [0.4, 0.5) is 0 Å². The zero-order chi connectivity index (χ0) is 13.7. The fourth-order valence-corrected chi connectivity index (χ4v) is 1.44. The van der Waals surface area contributed by atoms with Gasteiger partial charge in [-0.1, -0.05) is 0 Å². The lowest BCUT2D eigenvalue weighted by molar-refractivity contribution is -0.139. The first-order chi connectivity index (χ1) is 8.41. The van der Waals surface area contributed by atoms with Crippen LogP contribution in [-0.2, 0) is 9.59 Å². The minimum atomic E-state index is -1.26. The second kappa shape index (κ2) is 6.06. The second-order valence-electron chi connectivity index (χ2n) is 3.48. The fourth-order valence-electron chi connectivity index (χ4n) is 1.24. The van der Waals surface area contributed by atoms with Crippen molar-refractivity contribution in [3.8, 4) is 0 Å². The van der Waals surface area contributed by atoms with E-state index in [0.717, 1.165) is 0 Å². The maximum absolute atomic E-state index is 11.7. The SMILES string of the molecule is NC(=O)CC[C@H](NC(=O)c1ccoc1Cl)C(=O)O. The molecule has 98 valence electrons. The van der Waals surface area contributed by atoms with E-state index < -0.39 is 23.8 Å². The molecule has 0 spiro atoms. The van der Waals surface area contributed by atoms with E-state index in [4.69, 9.17) is 26.9 Å². The van der Waals surface area contributed by atoms with E-state index in [9.17, 15) is 14.4 Å². The number of hydrogen-bond acceptors (Lipinski definition) is 4. The van der Waals surface area contributed by atoms with Gasteiger partial charge in [0.25, 0.3) is 5.91 Å². The van der Waals surface area contributed by atoms with Crippen LogP contribution in [0, 0.1) is 0 Å². The lowest BCUT2D eigenvalue weighted by atomic mass is 10.1. The molecule has 0 radical (unpaired) electrons. The van der Waals surface area contributed by atoms with E-state index in [-0.39, 0.29) is 23.6 Å². The van der Waals surface area contributed by atoms with Crippen molar-refractivity contribution in [2.75, 3.05) is 0 Å². The monoisotopic (exact) mass is 274 g/mol. The van der Waals surface area contributed by atoms with Gasteiger partial charge in [-0.15, -0.1) is 0 Å². The van der Waals surface area contributed by atoms with E-state index in [1.807, 2.05) is 0 Å². The topological polar surface area (TPSA) is 123 Å². The van der Waals surface area contributed by atoms with E-state index >= 15 is 0 Å². The molecular formula is C10H11ClN2O5. The van der Waals surface area contributed by atoms with E-state index in [0.29, 0.717) is 0 Å².